The number of carbonyl (C=O) groups excluding carboxylic acids is 5. The van der Waals surface area contributed by atoms with Crippen LogP contribution in [0.2, 0.25) is 0 Å². The van der Waals surface area contributed by atoms with Crippen LogP contribution in [-0.2, 0) is 9.59 Å². The maximum Gasteiger partial charge on any atom is 0.408 e. The Kier molecular flexibility index (Phi) is 7.42. The molecule has 0 aromatic heterocycles. The van der Waals surface area contributed by atoms with Gasteiger partial charge >= 0.3 is 12.2 Å². The molecule has 4 N–H and O–H groups in total. The third-order valence-corrected chi connectivity index (χ3v) is 5.51. The second kappa shape index (κ2) is 10.1. The highest BCUT2D eigenvalue weighted by Gasteiger charge is 2.45. The van der Waals surface area contributed by atoms with Gasteiger partial charge in [0.2, 0.25) is 11.8 Å². The summed E-state index contributed by atoms with van der Waals surface area (Å²) in [7, 11) is 0. The maximum atomic E-state index is 13.0. The molecule has 184 valence electrons. The van der Waals surface area contributed by atoms with Crippen molar-refractivity contribution >= 4 is 35.3 Å². The molecule has 1 unspecified atom stereocenters. The number of unbranched alkanes of at least 4 members (excludes halogenated alkanes) is 1. The predicted octanol–water partition coefficient (Wildman–Crippen LogP) is 1.53. The lowest BCUT2D eigenvalue weighted by Gasteiger charge is -2.27. The molecule has 0 saturated carbocycles. The zero-order valence-electron chi connectivity index (χ0n) is 18.3. The Morgan fingerprint density at radius 1 is 1.15 bits per heavy atom. The van der Waals surface area contributed by atoms with Crippen molar-refractivity contribution in [2.75, 3.05) is 18.4 Å². The van der Waals surface area contributed by atoms with Crippen LogP contribution in [0.4, 0.5) is 23.7 Å². The third-order valence-electron chi connectivity index (χ3n) is 5.51. The standard InChI is InChI=1S/C21H24F3N5O5/c1-11(21(22,23)24)27-20(34)26-10-3-2-9-25-13-6-4-5-12-16(13)19(33)29(18(12)32)14-7-8-15(30)28-17(14)31/h4-6,11,14,25H,2-3,7-10H2,1H3,(H2,26,27,34)(H,28,30,31)/t11-,14?/m0/s1. The van der Waals surface area contributed by atoms with Crippen LogP contribution in [0.3, 0.4) is 0 Å². The lowest BCUT2D eigenvalue weighted by Crippen LogP contribution is -2.54. The molecular formula is C21H24F3N5O5. The molecule has 2 aliphatic heterocycles. The average molecular weight is 483 g/mol. The van der Waals surface area contributed by atoms with Crippen molar-refractivity contribution in [3.05, 3.63) is 29.3 Å². The summed E-state index contributed by atoms with van der Waals surface area (Å²) in [4.78, 5) is 61.7. The zero-order chi connectivity index (χ0) is 25.0. The van der Waals surface area contributed by atoms with Crippen molar-refractivity contribution in [2.45, 2.75) is 50.9 Å². The summed E-state index contributed by atoms with van der Waals surface area (Å²) in [5.41, 5.74) is 0.683. The number of fused-ring (bicyclic) bond motifs is 1. The number of urea groups is 1. The van der Waals surface area contributed by atoms with E-state index in [2.05, 4.69) is 16.0 Å². The average Bonchev–Trinajstić information content (AvgIpc) is 3.01. The lowest BCUT2D eigenvalue weighted by molar-refractivity contribution is -0.148. The van der Waals surface area contributed by atoms with Crippen molar-refractivity contribution in [3.8, 4) is 0 Å². The van der Waals surface area contributed by atoms with Gasteiger partial charge < -0.3 is 16.0 Å². The van der Waals surface area contributed by atoms with E-state index in [4.69, 9.17) is 0 Å². The number of rotatable bonds is 8. The monoisotopic (exact) mass is 483 g/mol. The number of nitrogens with one attached hydrogen (secondary N) is 4. The smallest absolute Gasteiger partial charge is 0.384 e. The molecular weight excluding hydrogens is 459 g/mol. The molecule has 3 rings (SSSR count). The number of halogens is 3. The third kappa shape index (κ3) is 5.46. The Hall–Kier alpha value is -3.64. The number of imide groups is 2. The van der Waals surface area contributed by atoms with Gasteiger partial charge in [0.15, 0.2) is 0 Å². The fourth-order valence-electron chi connectivity index (χ4n) is 3.67. The fraction of sp³-hybridized carbons (Fsp3) is 0.476. The van der Waals surface area contributed by atoms with E-state index in [-0.39, 0.29) is 30.5 Å². The van der Waals surface area contributed by atoms with Gasteiger partial charge in [-0.2, -0.15) is 13.2 Å². The Morgan fingerprint density at radius 3 is 2.53 bits per heavy atom. The molecule has 0 radical (unpaired) electrons. The van der Waals surface area contributed by atoms with Crippen molar-refractivity contribution in [2.24, 2.45) is 0 Å². The number of anilines is 1. The quantitative estimate of drug-likeness (QED) is 0.327. The van der Waals surface area contributed by atoms with E-state index in [1.54, 1.807) is 17.4 Å². The number of amides is 6. The van der Waals surface area contributed by atoms with Gasteiger partial charge in [0.1, 0.15) is 12.1 Å². The van der Waals surface area contributed by atoms with E-state index in [1.165, 1.54) is 6.07 Å². The summed E-state index contributed by atoms with van der Waals surface area (Å²) in [6, 6.07) is 0.744. The van der Waals surface area contributed by atoms with Gasteiger partial charge in [-0.25, -0.2) is 4.79 Å². The first kappa shape index (κ1) is 25.0. The lowest BCUT2D eigenvalue weighted by atomic mass is 10.0. The Labute approximate surface area is 192 Å². The van der Waals surface area contributed by atoms with E-state index in [0.29, 0.717) is 25.1 Å². The number of piperidine rings is 1. The van der Waals surface area contributed by atoms with Crippen LogP contribution in [0, 0.1) is 0 Å². The first-order valence-electron chi connectivity index (χ1n) is 10.7. The number of carbonyl (C=O) groups is 5. The van der Waals surface area contributed by atoms with Gasteiger partial charge in [-0.05, 0) is 38.3 Å². The summed E-state index contributed by atoms with van der Waals surface area (Å²) < 4.78 is 37.3. The molecule has 0 aliphatic carbocycles. The minimum Gasteiger partial charge on any atom is -0.384 e. The summed E-state index contributed by atoms with van der Waals surface area (Å²) in [6.45, 7) is 1.35. The minimum atomic E-state index is -4.52. The van der Waals surface area contributed by atoms with Crippen molar-refractivity contribution in [3.63, 3.8) is 0 Å². The summed E-state index contributed by atoms with van der Waals surface area (Å²) in [6.07, 6.45) is -3.48. The predicted molar refractivity (Wildman–Crippen MR) is 113 cm³/mol. The number of alkyl halides is 3. The summed E-state index contributed by atoms with van der Waals surface area (Å²) in [5.74, 6) is -2.39. The van der Waals surface area contributed by atoms with Gasteiger partial charge in [0, 0.05) is 25.2 Å². The molecule has 1 saturated heterocycles. The van der Waals surface area contributed by atoms with E-state index >= 15 is 0 Å². The first-order valence-corrected chi connectivity index (χ1v) is 10.7. The fourth-order valence-corrected chi connectivity index (χ4v) is 3.67. The highest BCUT2D eigenvalue weighted by Crippen LogP contribution is 2.32. The van der Waals surface area contributed by atoms with Crippen LogP contribution in [-0.4, -0.2) is 65.9 Å². The molecule has 1 fully saturated rings. The van der Waals surface area contributed by atoms with Crippen LogP contribution >= 0.6 is 0 Å². The molecule has 1 aromatic carbocycles. The Morgan fingerprint density at radius 2 is 1.85 bits per heavy atom. The molecule has 0 bridgehead atoms. The van der Waals surface area contributed by atoms with Gasteiger partial charge in [-0.1, -0.05) is 6.07 Å². The molecule has 34 heavy (non-hydrogen) atoms. The number of hydrogen-bond acceptors (Lipinski definition) is 6. The molecule has 13 heteroatoms. The topological polar surface area (TPSA) is 137 Å². The van der Waals surface area contributed by atoms with Crippen LogP contribution in [0.15, 0.2) is 18.2 Å². The summed E-state index contributed by atoms with van der Waals surface area (Å²) >= 11 is 0. The van der Waals surface area contributed by atoms with E-state index in [9.17, 15) is 37.1 Å². The second-order valence-electron chi connectivity index (χ2n) is 7.97. The molecule has 2 heterocycles. The number of nitrogens with zero attached hydrogens (tertiary/aromatic N) is 1. The maximum absolute atomic E-state index is 13.0. The molecule has 2 aliphatic rings. The SMILES string of the molecule is C[C@H](NC(=O)NCCCCNc1cccc2c1C(=O)N(C1CCC(=O)NC1=O)C2=O)C(F)(F)F. The van der Waals surface area contributed by atoms with Crippen LogP contribution in [0.25, 0.3) is 0 Å². The van der Waals surface area contributed by atoms with Crippen LogP contribution in [0.1, 0.15) is 53.3 Å². The Bertz CT molecular complexity index is 1010. The van der Waals surface area contributed by atoms with E-state index in [1.807, 2.05) is 0 Å². The molecule has 2 atom stereocenters. The van der Waals surface area contributed by atoms with Gasteiger partial charge in [0.05, 0.1) is 11.1 Å². The van der Waals surface area contributed by atoms with Gasteiger partial charge in [-0.15, -0.1) is 0 Å². The van der Waals surface area contributed by atoms with Crippen molar-refractivity contribution in [1.82, 2.24) is 20.9 Å². The van der Waals surface area contributed by atoms with Crippen LogP contribution < -0.4 is 21.3 Å². The Balaban J connectivity index is 1.51. The van der Waals surface area contributed by atoms with E-state index < -0.39 is 47.9 Å². The summed E-state index contributed by atoms with van der Waals surface area (Å²) in [5, 5.41) is 9.33. The normalized spacial score (nSPS) is 18.9. The highest BCUT2D eigenvalue weighted by molar-refractivity contribution is 6.25. The van der Waals surface area contributed by atoms with Crippen LogP contribution in [0.5, 0.6) is 0 Å². The number of benzene rings is 1. The van der Waals surface area contributed by atoms with Gasteiger partial charge in [0.25, 0.3) is 11.8 Å². The zero-order valence-corrected chi connectivity index (χ0v) is 18.3. The first-order chi connectivity index (χ1) is 16.0. The van der Waals surface area contributed by atoms with E-state index in [0.717, 1.165) is 11.8 Å². The molecule has 6 amide bonds. The molecule has 0 spiro atoms. The highest BCUT2D eigenvalue weighted by atomic mass is 19.4. The van der Waals surface area contributed by atoms with Crippen molar-refractivity contribution < 1.29 is 37.1 Å². The van der Waals surface area contributed by atoms with Crippen molar-refractivity contribution in [1.29, 1.82) is 0 Å². The molecule has 10 nitrogen and oxygen atoms in total. The van der Waals surface area contributed by atoms with Gasteiger partial charge in [-0.3, -0.25) is 29.4 Å². The largest absolute Gasteiger partial charge is 0.408 e. The number of hydrogen-bond donors (Lipinski definition) is 4. The second-order valence-corrected chi connectivity index (χ2v) is 7.97. The molecule has 1 aromatic rings. The minimum absolute atomic E-state index is 0.0239.